The Bertz CT molecular complexity index is 552. The first-order chi connectivity index (χ1) is 8.58. The maximum absolute atomic E-state index is 11.0. The first kappa shape index (κ1) is 12.6. The Labute approximate surface area is 109 Å². The molecule has 0 fully saturated rings. The third-order valence-electron chi connectivity index (χ3n) is 2.76. The van der Waals surface area contributed by atoms with Gasteiger partial charge in [0.1, 0.15) is 5.69 Å². The van der Waals surface area contributed by atoms with E-state index in [1.807, 2.05) is 30.7 Å². The molecule has 1 aromatic heterocycles. The summed E-state index contributed by atoms with van der Waals surface area (Å²) in [6.07, 6.45) is 0. The highest BCUT2D eigenvalue weighted by Crippen LogP contribution is 2.29. The molecule has 18 heavy (non-hydrogen) atoms. The van der Waals surface area contributed by atoms with E-state index < -0.39 is 0 Å². The Balaban J connectivity index is 2.28. The van der Waals surface area contributed by atoms with Crippen molar-refractivity contribution in [2.24, 2.45) is 0 Å². The van der Waals surface area contributed by atoms with Crippen LogP contribution in [-0.2, 0) is 0 Å². The summed E-state index contributed by atoms with van der Waals surface area (Å²) >= 11 is 1.62. The summed E-state index contributed by atoms with van der Waals surface area (Å²) in [5.74, 6) is 0. The zero-order chi connectivity index (χ0) is 13.1. The van der Waals surface area contributed by atoms with Crippen LogP contribution in [-0.4, -0.2) is 4.92 Å². The van der Waals surface area contributed by atoms with E-state index in [2.05, 4.69) is 5.32 Å². The maximum Gasteiger partial charge on any atom is 0.292 e. The number of hydrogen-bond acceptors (Lipinski definition) is 4. The molecule has 0 bridgehead atoms. The average Bonchev–Trinajstić information content (AvgIpc) is 2.81. The van der Waals surface area contributed by atoms with Gasteiger partial charge in [0.15, 0.2) is 0 Å². The number of thiophene rings is 1. The lowest BCUT2D eigenvalue weighted by molar-refractivity contribution is -0.384. The second-order valence-electron chi connectivity index (χ2n) is 4.20. The molecule has 5 heteroatoms. The van der Waals surface area contributed by atoms with Crippen LogP contribution in [0.3, 0.4) is 0 Å². The van der Waals surface area contributed by atoms with Crippen LogP contribution in [0.25, 0.3) is 0 Å². The molecule has 1 unspecified atom stereocenters. The minimum Gasteiger partial charge on any atom is -0.373 e. The summed E-state index contributed by atoms with van der Waals surface area (Å²) in [6.45, 7) is 3.91. The van der Waals surface area contributed by atoms with Crippen molar-refractivity contribution < 1.29 is 4.92 Å². The fourth-order valence-electron chi connectivity index (χ4n) is 1.76. The Morgan fingerprint density at radius 3 is 2.78 bits per heavy atom. The number of nitro groups is 1. The average molecular weight is 262 g/mol. The van der Waals surface area contributed by atoms with Gasteiger partial charge in [-0.05, 0) is 47.9 Å². The summed E-state index contributed by atoms with van der Waals surface area (Å²) in [7, 11) is 0. The molecule has 1 atom stereocenters. The van der Waals surface area contributed by atoms with Crippen LogP contribution in [0.5, 0.6) is 0 Å². The van der Waals surface area contributed by atoms with Gasteiger partial charge in [0.25, 0.3) is 5.69 Å². The van der Waals surface area contributed by atoms with Crippen molar-refractivity contribution in [1.29, 1.82) is 0 Å². The lowest BCUT2D eigenvalue weighted by Gasteiger charge is -2.14. The number of nitrogens with one attached hydrogen (secondary N) is 1. The number of aryl methyl sites for hydroxylation is 1. The van der Waals surface area contributed by atoms with Gasteiger partial charge in [-0.25, -0.2) is 0 Å². The fraction of sp³-hybridized carbons (Fsp3) is 0.231. The second-order valence-corrected chi connectivity index (χ2v) is 4.98. The summed E-state index contributed by atoms with van der Waals surface area (Å²) < 4.78 is 0. The first-order valence-corrected chi connectivity index (χ1v) is 6.56. The van der Waals surface area contributed by atoms with Gasteiger partial charge < -0.3 is 5.32 Å². The Hall–Kier alpha value is -1.88. The van der Waals surface area contributed by atoms with Crippen molar-refractivity contribution in [3.05, 3.63) is 56.3 Å². The van der Waals surface area contributed by atoms with Gasteiger partial charge in [0.2, 0.25) is 0 Å². The zero-order valence-electron chi connectivity index (χ0n) is 10.2. The van der Waals surface area contributed by atoms with E-state index in [1.54, 1.807) is 23.5 Å². The predicted molar refractivity (Wildman–Crippen MR) is 74.2 cm³/mol. The van der Waals surface area contributed by atoms with Gasteiger partial charge in [-0.2, -0.15) is 11.3 Å². The van der Waals surface area contributed by atoms with Crippen molar-refractivity contribution in [2.45, 2.75) is 19.9 Å². The topological polar surface area (TPSA) is 55.2 Å². The molecule has 0 aliphatic heterocycles. The number of hydrogen-bond donors (Lipinski definition) is 1. The lowest BCUT2D eigenvalue weighted by atomic mass is 10.1. The van der Waals surface area contributed by atoms with Crippen LogP contribution in [0, 0.1) is 17.0 Å². The third kappa shape index (κ3) is 2.68. The third-order valence-corrected chi connectivity index (χ3v) is 3.47. The molecule has 0 aliphatic rings. The Morgan fingerprint density at radius 1 is 1.39 bits per heavy atom. The molecule has 0 spiro atoms. The number of nitro benzene ring substituents is 1. The highest BCUT2D eigenvalue weighted by atomic mass is 32.1. The van der Waals surface area contributed by atoms with Crippen molar-refractivity contribution in [3.8, 4) is 0 Å². The maximum atomic E-state index is 11.0. The summed E-state index contributed by atoms with van der Waals surface area (Å²) in [6, 6.07) is 7.17. The minimum atomic E-state index is -0.359. The number of benzene rings is 1. The highest BCUT2D eigenvalue weighted by Gasteiger charge is 2.16. The standard InChI is InChI=1S/C13H14N2O2S/c1-9-3-4-13(15(16)17)12(7-9)14-10(2)11-5-6-18-8-11/h3-8,10,14H,1-2H3. The Kier molecular flexibility index (Phi) is 3.62. The molecule has 1 aromatic carbocycles. The predicted octanol–water partition coefficient (Wildman–Crippen LogP) is 4.14. The van der Waals surface area contributed by atoms with Crippen LogP contribution < -0.4 is 5.32 Å². The van der Waals surface area contributed by atoms with E-state index in [0.717, 1.165) is 11.1 Å². The normalized spacial score (nSPS) is 12.1. The van der Waals surface area contributed by atoms with Gasteiger partial charge in [-0.3, -0.25) is 10.1 Å². The van der Waals surface area contributed by atoms with Gasteiger partial charge >= 0.3 is 0 Å². The Morgan fingerprint density at radius 2 is 2.17 bits per heavy atom. The quantitative estimate of drug-likeness (QED) is 0.665. The summed E-state index contributed by atoms with van der Waals surface area (Å²) in [5, 5.41) is 18.2. The number of anilines is 1. The first-order valence-electron chi connectivity index (χ1n) is 5.61. The molecule has 2 aromatic rings. The van der Waals surface area contributed by atoms with Gasteiger partial charge in [0.05, 0.1) is 4.92 Å². The van der Waals surface area contributed by atoms with Crippen LogP contribution >= 0.6 is 11.3 Å². The second kappa shape index (κ2) is 5.18. The van der Waals surface area contributed by atoms with Crippen LogP contribution in [0.15, 0.2) is 35.0 Å². The van der Waals surface area contributed by atoms with E-state index in [0.29, 0.717) is 5.69 Å². The van der Waals surface area contributed by atoms with E-state index in [9.17, 15) is 10.1 Å². The number of nitrogens with zero attached hydrogens (tertiary/aromatic N) is 1. The van der Waals surface area contributed by atoms with Gasteiger partial charge in [-0.1, -0.05) is 6.07 Å². The molecule has 0 amide bonds. The molecule has 1 N–H and O–H groups in total. The molecular weight excluding hydrogens is 248 g/mol. The molecular formula is C13H14N2O2S. The van der Waals surface area contributed by atoms with Crippen LogP contribution in [0.2, 0.25) is 0 Å². The van der Waals surface area contributed by atoms with E-state index in [-0.39, 0.29) is 16.7 Å². The molecule has 0 saturated heterocycles. The summed E-state index contributed by atoms with van der Waals surface area (Å²) in [4.78, 5) is 10.6. The van der Waals surface area contributed by atoms with Gasteiger partial charge in [0, 0.05) is 12.1 Å². The van der Waals surface area contributed by atoms with Crippen LogP contribution in [0.4, 0.5) is 11.4 Å². The largest absolute Gasteiger partial charge is 0.373 e. The molecule has 0 saturated carbocycles. The van der Waals surface area contributed by atoms with Gasteiger partial charge in [-0.15, -0.1) is 0 Å². The van der Waals surface area contributed by atoms with Crippen molar-refractivity contribution in [2.75, 3.05) is 5.32 Å². The molecule has 0 radical (unpaired) electrons. The zero-order valence-corrected chi connectivity index (χ0v) is 11.0. The summed E-state index contributed by atoms with van der Waals surface area (Å²) in [5.41, 5.74) is 2.82. The van der Waals surface area contributed by atoms with E-state index in [4.69, 9.17) is 0 Å². The molecule has 0 aliphatic carbocycles. The monoisotopic (exact) mass is 262 g/mol. The molecule has 2 rings (SSSR count). The fourth-order valence-corrected chi connectivity index (χ4v) is 2.52. The molecule has 4 nitrogen and oxygen atoms in total. The van der Waals surface area contributed by atoms with Crippen molar-refractivity contribution >= 4 is 22.7 Å². The van der Waals surface area contributed by atoms with Crippen LogP contribution in [0.1, 0.15) is 24.1 Å². The van der Waals surface area contributed by atoms with E-state index >= 15 is 0 Å². The van der Waals surface area contributed by atoms with Crippen molar-refractivity contribution in [3.63, 3.8) is 0 Å². The number of rotatable bonds is 4. The minimum absolute atomic E-state index is 0.0525. The van der Waals surface area contributed by atoms with E-state index in [1.165, 1.54) is 6.07 Å². The smallest absolute Gasteiger partial charge is 0.292 e. The van der Waals surface area contributed by atoms with Crippen molar-refractivity contribution in [1.82, 2.24) is 0 Å². The highest BCUT2D eigenvalue weighted by molar-refractivity contribution is 7.07. The SMILES string of the molecule is Cc1ccc([N+](=O)[O-])c(NC(C)c2ccsc2)c1. The molecule has 94 valence electrons. The molecule has 1 heterocycles. The lowest BCUT2D eigenvalue weighted by Crippen LogP contribution is -2.07.